The monoisotopic (exact) mass is 245 g/mol. The standard InChI is InChI=1S/C14H19N3O/c18-14(15-11-6-2-1-3-7-11)13-9-10-5-4-8-12(10)16-17-13/h9,11H,1-8H2,(H,15,18). The molecule has 3 rings (SSSR count). The van der Waals surface area contributed by atoms with E-state index in [-0.39, 0.29) is 5.91 Å². The van der Waals surface area contributed by atoms with Crippen LogP contribution in [0.15, 0.2) is 6.07 Å². The molecule has 0 bridgehead atoms. The molecule has 1 fully saturated rings. The van der Waals surface area contributed by atoms with Crippen molar-refractivity contribution in [2.24, 2.45) is 0 Å². The molecule has 0 atom stereocenters. The van der Waals surface area contributed by atoms with Gasteiger partial charge in [-0.15, -0.1) is 5.10 Å². The Morgan fingerprint density at radius 3 is 2.78 bits per heavy atom. The van der Waals surface area contributed by atoms with E-state index >= 15 is 0 Å². The van der Waals surface area contributed by atoms with Crippen LogP contribution >= 0.6 is 0 Å². The molecule has 96 valence electrons. The Kier molecular flexibility index (Phi) is 3.26. The van der Waals surface area contributed by atoms with Crippen molar-refractivity contribution in [3.05, 3.63) is 23.0 Å². The van der Waals surface area contributed by atoms with Crippen molar-refractivity contribution in [3.8, 4) is 0 Å². The minimum atomic E-state index is -0.0518. The maximum Gasteiger partial charge on any atom is 0.272 e. The highest BCUT2D eigenvalue weighted by Crippen LogP contribution is 2.20. The zero-order chi connectivity index (χ0) is 12.4. The van der Waals surface area contributed by atoms with Crippen LogP contribution in [0.5, 0.6) is 0 Å². The summed E-state index contributed by atoms with van der Waals surface area (Å²) in [5.41, 5.74) is 2.77. The van der Waals surface area contributed by atoms with Crippen molar-refractivity contribution in [1.29, 1.82) is 0 Å². The van der Waals surface area contributed by atoms with Gasteiger partial charge in [0.25, 0.3) is 5.91 Å². The van der Waals surface area contributed by atoms with E-state index in [0.29, 0.717) is 11.7 Å². The van der Waals surface area contributed by atoms with Gasteiger partial charge >= 0.3 is 0 Å². The summed E-state index contributed by atoms with van der Waals surface area (Å²) in [7, 11) is 0. The van der Waals surface area contributed by atoms with E-state index < -0.39 is 0 Å². The average Bonchev–Trinajstić information content (AvgIpc) is 2.87. The quantitative estimate of drug-likeness (QED) is 0.867. The molecular formula is C14H19N3O. The Hall–Kier alpha value is -1.45. The summed E-state index contributed by atoms with van der Waals surface area (Å²) in [4.78, 5) is 12.1. The summed E-state index contributed by atoms with van der Waals surface area (Å²) in [6.45, 7) is 0. The van der Waals surface area contributed by atoms with Crippen LogP contribution < -0.4 is 5.32 Å². The van der Waals surface area contributed by atoms with E-state index in [1.54, 1.807) is 0 Å². The highest BCUT2D eigenvalue weighted by atomic mass is 16.2. The van der Waals surface area contributed by atoms with Crippen molar-refractivity contribution in [2.45, 2.75) is 57.4 Å². The fourth-order valence-corrected chi connectivity index (χ4v) is 2.95. The minimum absolute atomic E-state index is 0.0518. The number of aromatic nitrogens is 2. The third kappa shape index (κ3) is 2.37. The summed E-state index contributed by atoms with van der Waals surface area (Å²) in [5, 5.41) is 11.3. The summed E-state index contributed by atoms with van der Waals surface area (Å²) in [6, 6.07) is 2.26. The first kappa shape index (κ1) is 11.6. The molecule has 2 aliphatic rings. The minimum Gasteiger partial charge on any atom is -0.348 e. The number of amides is 1. The number of hydrogen-bond donors (Lipinski definition) is 1. The van der Waals surface area contributed by atoms with Gasteiger partial charge in [0.05, 0.1) is 5.69 Å². The highest BCUT2D eigenvalue weighted by Gasteiger charge is 2.20. The molecule has 4 heteroatoms. The average molecular weight is 245 g/mol. The van der Waals surface area contributed by atoms with Gasteiger partial charge < -0.3 is 5.32 Å². The van der Waals surface area contributed by atoms with Crippen LogP contribution in [0, 0.1) is 0 Å². The van der Waals surface area contributed by atoms with Crippen molar-refractivity contribution >= 4 is 5.91 Å². The predicted octanol–water partition coefficient (Wildman–Crippen LogP) is 2.03. The number of hydrogen-bond acceptors (Lipinski definition) is 3. The molecule has 0 aliphatic heterocycles. The zero-order valence-electron chi connectivity index (χ0n) is 10.6. The second-order valence-electron chi connectivity index (χ2n) is 5.36. The van der Waals surface area contributed by atoms with Crippen LogP contribution in [0.1, 0.15) is 60.3 Å². The maximum absolute atomic E-state index is 12.1. The molecule has 0 radical (unpaired) electrons. The summed E-state index contributed by atoms with van der Waals surface area (Å²) >= 11 is 0. The first-order valence-electron chi connectivity index (χ1n) is 6.99. The number of rotatable bonds is 2. The predicted molar refractivity (Wildman–Crippen MR) is 68.4 cm³/mol. The Morgan fingerprint density at radius 2 is 1.94 bits per heavy atom. The lowest BCUT2D eigenvalue weighted by atomic mass is 9.95. The molecule has 1 saturated carbocycles. The molecule has 1 N–H and O–H groups in total. The first-order chi connectivity index (χ1) is 8.83. The van der Waals surface area contributed by atoms with E-state index in [9.17, 15) is 4.79 Å². The lowest BCUT2D eigenvalue weighted by Gasteiger charge is -2.22. The fraction of sp³-hybridized carbons (Fsp3) is 0.643. The molecule has 1 aromatic heterocycles. The topological polar surface area (TPSA) is 54.9 Å². The molecule has 1 aromatic rings. The molecule has 4 nitrogen and oxygen atoms in total. The van der Waals surface area contributed by atoms with Crippen molar-refractivity contribution in [3.63, 3.8) is 0 Å². The van der Waals surface area contributed by atoms with Gasteiger partial charge in [0.15, 0.2) is 5.69 Å². The number of fused-ring (bicyclic) bond motifs is 1. The molecule has 0 saturated heterocycles. The summed E-state index contributed by atoms with van der Waals surface area (Å²) in [6.07, 6.45) is 9.12. The third-order valence-corrected chi connectivity index (χ3v) is 3.99. The molecule has 18 heavy (non-hydrogen) atoms. The normalized spacial score (nSPS) is 19.6. The van der Waals surface area contributed by atoms with E-state index in [0.717, 1.165) is 37.8 Å². The molecule has 0 spiro atoms. The van der Waals surface area contributed by atoms with Crippen LogP contribution in [-0.4, -0.2) is 22.1 Å². The number of nitrogens with zero attached hydrogens (tertiary/aromatic N) is 2. The number of aryl methyl sites for hydroxylation is 2. The second-order valence-corrected chi connectivity index (χ2v) is 5.36. The number of nitrogens with one attached hydrogen (secondary N) is 1. The molecule has 1 amide bonds. The van der Waals surface area contributed by atoms with Crippen LogP contribution in [0.2, 0.25) is 0 Å². The Balaban J connectivity index is 1.68. The van der Waals surface area contributed by atoms with E-state index in [2.05, 4.69) is 15.5 Å². The smallest absolute Gasteiger partial charge is 0.272 e. The third-order valence-electron chi connectivity index (χ3n) is 3.99. The van der Waals surface area contributed by atoms with Crippen molar-refractivity contribution in [1.82, 2.24) is 15.5 Å². The number of carbonyl (C=O) groups excluding carboxylic acids is 1. The van der Waals surface area contributed by atoms with E-state index in [4.69, 9.17) is 0 Å². The Bertz CT molecular complexity index is 452. The summed E-state index contributed by atoms with van der Waals surface area (Å²) < 4.78 is 0. The molecule has 2 aliphatic carbocycles. The van der Waals surface area contributed by atoms with Gasteiger partial charge in [0.1, 0.15) is 0 Å². The molecule has 0 aromatic carbocycles. The van der Waals surface area contributed by atoms with Crippen LogP contribution in [-0.2, 0) is 12.8 Å². The van der Waals surface area contributed by atoms with Crippen molar-refractivity contribution in [2.75, 3.05) is 0 Å². The molecule has 1 heterocycles. The Morgan fingerprint density at radius 1 is 1.11 bits per heavy atom. The van der Waals surface area contributed by atoms with Crippen molar-refractivity contribution < 1.29 is 4.79 Å². The fourth-order valence-electron chi connectivity index (χ4n) is 2.95. The summed E-state index contributed by atoms with van der Waals surface area (Å²) in [5.74, 6) is -0.0518. The SMILES string of the molecule is O=C(NC1CCCCC1)c1cc2c(nn1)CCC2. The molecular weight excluding hydrogens is 226 g/mol. The van der Waals surface area contributed by atoms with Gasteiger partial charge in [-0.2, -0.15) is 5.10 Å². The zero-order valence-corrected chi connectivity index (χ0v) is 10.6. The lowest BCUT2D eigenvalue weighted by Crippen LogP contribution is -2.36. The maximum atomic E-state index is 12.1. The molecule has 0 unspecified atom stereocenters. The van der Waals surface area contributed by atoms with Gasteiger partial charge in [-0.05, 0) is 43.7 Å². The second kappa shape index (κ2) is 5.04. The first-order valence-corrected chi connectivity index (χ1v) is 6.99. The highest BCUT2D eigenvalue weighted by molar-refractivity contribution is 5.92. The van der Waals surface area contributed by atoms with Crippen LogP contribution in [0.4, 0.5) is 0 Å². The van der Waals surface area contributed by atoms with Gasteiger partial charge in [0, 0.05) is 6.04 Å². The van der Waals surface area contributed by atoms with Gasteiger partial charge in [-0.1, -0.05) is 19.3 Å². The van der Waals surface area contributed by atoms with Gasteiger partial charge in [-0.3, -0.25) is 4.79 Å². The van der Waals surface area contributed by atoms with Crippen LogP contribution in [0.3, 0.4) is 0 Å². The van der Waals surface area contributed by atoms with Crippen LogP contribution in [0.25, 0.3) is 0 Å². The van der Waals surface area contributed by atoms with Gasteiger partial charge in [-0.25, -0.2) is 0 Å². The van der Waals surface area contributed by atoms with Gasteiger partial charge in [0.2, 0.25) is 0 Å². The van der Waals surface area contributed by atoms with E-state index in [1.165, 1.54) is 24.8 Å². The Labute approximate surface area is 107 Å². The van der Waals surface area contributed by atoms with E-state index in [1.807, 2.05) is 6.07 Å². The lowest BCUT2D eigenvalue weighted by molar-refractivity contribution is 0.0921. The number of carbonyl (C=O) groups is 1. The largest absolute Gasteiger partial charge is 0.348 e.